The van der Waals surface area contributed by atoms with Gasteiger partial charge in [-0.2, -0.15) is 0 Å². The Kier molecular flexibility index (Phi) is 8.55. The lowest BCUT2D eigenvalue weighted by Crippen LogP contribution is -2.36. The van der Waals surface area contributed by atoms with Crippen LogP contribution >= 0.6 is 0 Å². The number of amides is 2. The third-order valence-corrected chi connectivity index (χ3v) is 3.63. The van der Waals surface area contributed by atoms with Gasteiger partial charge in [0.15, 0.2) is 11.5 Å². The van der Waals surface area contributed by atoms with Crippen molar-refractivity contribution in [2.75, 3.05) is 48.5 Å². The van der Waals surface area contributed by atoms with Gasteiger partial charge in [0.25, 0.3) is 0 Å². The van der Waals surface area contributed by atoms with E-state index in [4.69, 9.17) is 14.2 Å². The first-order valence-electron chi connectivity index (χ1n) is 7.89. The summed E-state index contributed by atoms with van der Waals surface area (Å²) in [4.78, 5) is 25.0. The molecule has 0 spiro atoms. The highest BCUT2D eigenvalue weighted by molar-refractivity contribution is 5.78. The van der Waals surface area contributed by atoms with Crippen LogP contribution in [0.2, 0.25) is 0 Å². The predicted molar refractivity (Wildman–Crippen MR) is 94.1 cm³/mol. The highest BCUT2D eigenvalue weighted by Gasteiger charge is 2.14. The largest absolute Gasteiger partial charge is 0.493 e. The van der Waals surface area contributed by atoms with Crippen LogP contribution in [0.5, 0.6) is 17.2 Å². The van der Waals surface area contributed by atoms with Crippen molar-refractivity contribution in [3.05, 3.63) is 17.7 Å². The third-order valence-electron chi connectivity index (χ3n) is 3.63. The summed E-state index contributed by atoms with van der Waals surface area (Å²) in [5, 5.41) is 5.39. The summed E-state index contributed by atoms with van der Waals surface area (Å²) in [6.07, 6.45) is 0.354. The molecule has 1 aromatic rings. The topological polar surface area (TPSA) is 89.1 Å². The lowest BCUT2D eigenvalue weighted by Gasteiger charge is -2.17. The van der Waals surface area contributed by atoms with E-state index in [0.717, 1.165) is 5.56 Å². The van der Waals surface area contributed by atoms with Gasteiger partial charge in [-0.05, 0) is 24.7 Å². The van der Waals surface area contributed by atoms with E-state index in [0.29, 0.717) is 36.8 Å². The molecule has 0 saturated carbocycles. The van der Waals surface area contributed by atoms with Crippen molar-refractivity contribution < 1.29 is 23.8 Å². The first-order chi connectivity index (χ1) is 11.9. The highest BCUT2D eigenvalue weighted by Crippen LogP contribution is 2.38. The molecule has 0 fully saturated rings. The van der Waals surface area contributed by atoms with Crippen LogP contribution in [0, 0.1) is 0 Å². The fraction of sp³-hybridized carbons (Fsp3) is 0.529. The normalized spacial score (nSPS) is 10.3. The number of nitrogens with zero attached hydrogens (tertiary/aromatic N) is 1. The maximum absolute atomic E-state index is 12.0. The zero-order chi connectivity index (χ0) is 18.8. The summed E-state index contributed by atoms with van der Waals surface area (Å²) in [6.45, 7) is 1.05. The van der Waals surface area contributed by atoms with E-state index in [1.54, 1.807) is 45.3 Å². The van der Waals surface area contributed by atoms with Crippen molar-refractivity contribution >= 4 is 11.8 Å². The summed E-state index contributed by atoms with van der Waals surface area (Å²) in [5.41, 5.74) is 0.830. The van der Waals surface area contributed by atoms with Crippen LogP contribution in [0.1, 0.15) is 12.0 Å². The molecule has 0 aromatic heterocycles. The lowest BCUT2D eigenvalue weighted by molar-refractivity contribution is -0.124. The molecule has 2 amide bonds. The zero-order valence-electron chi connectivity index (χ0n) is 15.5. The number of carbonyl (C=O) groups is 2. The minimum atomic E-state index is -0.131. The van der Waals surface area contributed by atoms with E-state index < -0.39 is 0 Å². The van der Waals surface area contributed by atoms with Crippen LogP contribution in [-0.4, -0.2) is 65.2 Å². The van der Waals surface area contributed by atoms with Crippen LogP contribution < -0.4 is 24.8 Å². The van der Waals surface area contributed by atoms with E-state index in [-0.39, 0.29) is 18.4 Å². The van der Waals surface area contributed by atoms with Gasteiger partial charge in [-0.1, -0.05) is 0 Å². The summed E-state index contributed by atoms with van der Waals surface area (Å²) < 4.78 is 15.9. The molecule has 0 aliphatic rings. The van der Waals surface area contributed by atoms with Gasteiger partial charge in [0.05, 0.1) is 27.9 Å². The average Bonchev–Trinajstić information content (AvgIpc) is 2.63. The fourth-order valence-electron chi connectivity index (χ4n) is 2.24. The molecular weight excluding hydrogens is 326 g/mol. The monoisotopic (exact) mass is 353 g/mol. The molecule has 0 heterocycles. The van der Waals surface area contributed by atoms with Crippen LogP contribution in [0.15, 0.2) is 12.1 Å². The van der Waals surface area contributed by atoms with E-state index in [2.05, 4.69) is 10.6 Å². The Morgan fingerprint density at radius 1 is 1.04 bits per heavy atom. The first kappa shape index (κ1) is 20.6. The maximum atomic E-state index is 12.0. The molecule has 8 heteroatoms. The van der Waals surface area contributed by atoms with E-state index in [9.17, 15) is 9.59 Å². The summed E-state index contributed by atoms with van der Waals surface area (Å²) in [7, 11) is 8.01. The second kappa shape index (κ2) is 10.4. The summed E-state index contributed by atoms with van der Waals surface area (Å²) in [5.74, 6) is 1.40. The van der Waals surface area contributed by atoms with Gasteiger partial charge >= 0.3 is 0 Å². The van der Waals surface area contributed by atoms with E-state index >= 15 is 0 Å². The van der Waals surface area contributed by atoms with Crippen LogP contribution in [0.3, 0.4) is 0 Å². The molecule has 2 N–H and O–H groups in total. The smallest absolute Gasteiger partial charge is 0.234 e. The number of nitrogens with one attached hydrogen (secondary N) is 2. The number of hydrogen-bond donors (Lipinski definition) is 2. The molecule has 0 aliphatic carbocycles. The average molecular weight is 353 g/mol. The van der Waals surface area contributed by atoms with Crippen molar-refractivity contribution in [1.82, 2.24) is 15.5 Å². The SMILES string of the molecule is CNC(=O)CCN(C)CC(=O)NCc1cc(OC)c(OC)c(OC)c1. The number of carbonyl (C=O) groups excluding carboxylic acids is 2. The molecule has 0 radical (unpaired) electrons. The molecule has 0 atom stereocenters. The van der Waals surface area contributed by atoms with E-state index in [1.165, 1.54) is 7.11 Å². The molecular formula is C17H27N3O5. The lowest BCUT2D eigenvalue weighted by atomic mass is 10.1. The van der Waals surface area contributed by atoms with Crippen molar-refractivity contribution in [1.29, 1.82) is 0 Å². The van der Waals surface area contributed by atoms with Gasteiger partial charge < -0.3 is 24.8 Å². The second-order valence-electron chi connectivity index (χ2n) is 5.47. The maximum Gasteiger partial charge on any atom is 0.234 e. The minimum Gasteiger partial charge on any atom is -0.493 e. The number of ether oxygens (including phenoxy) is 3. The van der Waals surface area contributed by atoms with E-state index in [1.807, 2.05) is 0 Å². The molecule has 0 aliphatic heterocycles. The summed E-state index contributed by atoms with van der Waals surface area (Å²) in [6, 6.07) is 3.58. The van der Waals surface area contributed by atoms with Crippen molar-refractivity contribution in [2.24, 2.45) is 0 Å². The second-order valence-corrected chi connectivity index (χ2v) is 5.47. The third kappa shape index (κ3) is 6.50. The first-order valence-corrected chi connectivity index (χ1v) is 7.89. The molecule has 1 aromatic carbocycles. The van der Waals surface area contributed by atoms with Gasteiger partial charge in [-0.15, -0.1) is 0 Å². The Morgan fingerprint density at radius 2 is 1.64 bits per heavy atom. The van der Waals surface area contributed by atoms with Gasteiger partial charge in [0.2, 0.25) is 17.6 Å². The standard InChI is InChI=1S/C17H27N3O5/c1-18-15(21)6-7-20(2)11-16(22)19-10-12-8-13(23-3)17(25-5)14(9-12)24-4/h8-9H,6-7,10-11H2,1-5H3,(H,18,21)(H,19,22). The zero-order valence-corrected chi connectivity index (χ0v) is 15.5. The van der Waals surface area contributed by atoms with Crippen LogP contribution in [0.4, 0.5) is 0 Å². The number of likely N-dealkylation sites (N-methyl/N-ethyl adjacent to an activating group) is 1. The number of rotatable bonds is 10. The fourth-order valence-corrected chi connectivity index (χ4v) is 2.24. The quantitative estimate of drug-likeness (QED) is 0.633. The summed E-state index contributed by atoms with van der Waals surface area (Å²) >= 11 is 0. The molecule has 140 valence electrons. The van der Waals surface area contributed by atoms with Crippen molar-refractivity contribution in [3.63, 3.8) is 0 Å². The molecule has 0 bridgehead atoms. The van der Waals surface area contributed by atoms with Gasteiger partial charge in [0, 0.05) is 26.6 Å². The molecule has 8 nitrogen and oxygen atoms in total. The Balaban J connectivity index is 2.59. The van der Waals surface area contributed by atoms with Crippen molar-refractivity contribution in [3.8, 4) is 17.2 Å². The number of benzene rings is 1. The van der Waals surface area contributed by atoms with Gasteiger partial charge in [-0.25, -0.2) is 0 Å². The predicted octanol–water partition coefficient (Wildman–Crippen LogP) is 0.397. The molecule has 0 saturated heterocycles. The molecule has 25 heavy (non-hydrogen) atoms. The Morgan fingerprint density at radius 3 is 2.12 bits per heavy atom. The minimum absolute atomic E-state index is 0.0512. The Hall–Kier alpha value is -2.48. The van der Waals surface area contributed by atoms with Crippen LogP contribution in [-0.2, 0) is 16.1 Å². The van der Waals surface area contributed by atoms with Gasteiger partial charge in [-0.3, -0.25) is 14.5 Å². The van der Waals surface area contributed by atoms with Gasteiger partial charge in [0.1, 0.15) is 0 Å². The number of methoxy groups -OCH3 is 3. The Labute approximate surface area is 148 Å². The Bertz CT molecular complexity index is 567. The van der Waals surface area contributed by atoms with Crippen LogP contribution in [0.25, 0.3) is 0 Å². The molecule has 0 unspecified atom stereocenters. The highest BCUT2D eigenvalue weighted by atomic mass is 16.5. The molecule has 1 rings (SSSR count). The number of hydrogen-bond acceptors (Lipinski definition) is 6. The van der Waals surface area contributed by atoms with Crippen molar-refractivity contribution in [2.45, 2.75) is 13.0 Å².